The predicted molar refractivity (Wildman–Crippen MR) is 99.4 cm³/mol. The maximum absolute atomic E-state index is 4.56. The van der Waals surface area contributed by atoms with Crippen molar-refractivity contribution < 1.29 is 0 Å². The summed E-state index contributed by atoms with van der Waals surface area (Å²) in [5, 5.41) is 10.1. The molecule has 20 heavy (non-hydrogen) atoms. The maximum Gasteiger partial charge on any atom is 0.191 e. The maximum atomic E-state index is 4.56. The lowest BCUT2D eigenvalue weighted by Gasteiger charge is -2.20. The Balaban J connectivity index is 0.00000361. The van der Waals surface area contributed by atoms with E-state index in [0.29, 0.717) is 12.0 Å². The smallest absolute Gasteiger partial charge is 0.191 e. The summed E-state index contributed by atoms with van der Waals surface area (Å²) < 4.78 is 0. The third-order valence-corrected chi connectivity index (χ3v) is 4.21. The van der Waals surface area contributed by atoms with Crippen molar-refractivity contribution in [2.45, 2.75) is 46.6 Å². The van der Waals surface area contributed by atoms with Gasteiger partial charge in [0, 0.05) is 31.4 Å². The average Bonchev–Trinajstić information content (AvgIpc) is 2.85. The average molecular weight is 410 g/mol. The van der Waals surface area contributed by atoms with Gasteiger partial charge in [-0.3, -0.25) is 4.99 Å². The molecule has 0 aromatic carbocycles. The van der Waals surface area contributed by atoms with Gasteiger partial charge in [-0.1, -0.05) is 20.8 Å². The first kappa shape index (κ1) is 19.6. The zero-order valence-corrected chi connectivity index (χ0v) is 16.2. The summed E-state index contributed by atoms with van der Waals surface area (Å²) >= 11 is 1.74. The third-order valence-electron chi connectivity index (χ3n) is 3.16. The number of hydrogen-bond acceptors (Lipinski definition) is 3. The molecule has 6 heteroatoms. The van der Waals surface area contributed by atoms with Gasteiger partial charge < -0.3 is 10.6 Å². The second-order valence-electron chi connectivity index (χ2n) is 5.01. The summed E-state index contributed by atoms with van der Waals surface area (Å²) in [5.41, 5.74) is 1.17. The number of nitrogens with one attached hydrogen (secondary N) is 2. The van der Waals surface area contributed by atoms with Gasteiger partial charge in [-0.25, -0.2) is 4.98 Å². The molecule has 0 bridgehead atoms. The number of guanidine groups is 1. The van der Waals surface area contributed by atoms with Crippen molar-refractivity contribution >= 4 is 41.3 Å². The number of aromatic nitrogens is 1. The molecule has 1 atom stereocenters. The molecule has 4 nitrogen and oxygen atoms in total. The summed E-state index contributed by atoms with van der Waals surface area (Å²) in [7, 11) is 1.81. The van der Waals surface area contributed by atoms with Crippen molar-refractivity contribution in [3.63, 3.8) is 0 Å². The minimum absolute atomic E-state index is 0. The Labute approximate surface area is 143 Å². The number of hydrogen-bond donors (Lipinski definition) is 2. The van der Waals surface area contributed by atoms with Gasteiger partial charge in [-0.05, 0) is 19.3 Å². The van der Waals surface area contributed by atoms with E-state index in [4.69, 9.17) is 0 Å². The van der Waals surface area contributed by atoms with Crippen molar-refractivity contribution in [2.24, 2.45) is 10.9 Å². The van der Waals surface area contributed by atoms with Gasteiger partial charge in [0.2, 0.25) is 0 Å². The van der Waals surface area contributed by atoms with E-state index in [0.717, 1.165) is 25.3 Å². The molecule has 0 aliphatic carbocycles. The third kappa shape index (κ3) is 6.88. The summed E-state index contributed by atoms with van der Waals surface area (Å²) in [5.74, 6) is 1.45. The van der Waals surface area contributed by atoms with Crippen LogP contribution < -0.4 is 10.6 Å². The molecule has 1 aromatic rings. The summed E-state index contributed by atoms with van der Waals surface area (Å²) in [6, 6.07) is 0.414. The second-order valence-corrected chi connectivity index (χ2v) is 5.95. The lowest BCUT2D eigenvalue weighted by Crippen LogP contribution is -2.44. The van der Waals surface area contributed by atoms with Gasteiger partial charge in [0.1, 0.15) is 0 Å². The molecule has 1 aromatic heterocycles. The Bertz CT molecular complexity index is 404. The van der Waals surface area contributed by atoms with Crippen LogP contribution in [0.5, 0.6) is 0 Å². The molecule has 116 valence electrons. The van der Waals surface area contributed by atoms with Crippen LogP contribution in [-0.4, -0.2) is 30.6 Å². The van der Waals surface area contributed by atoms with Crippen molar-refractivity contribution in [3.05, 3.63) is 16.1 Å². The lowest BCUT2D eigenvalue weighted by molar-refractivity contribution is 0.481. The second kappa shape index (κ2) is 10.4. The largest absolute Gasteiger partial charge is 0.356 e. The Morgan fingerprint density at radius 1 is 1.40 bits per heavy atom. The minimum atomic E-state index is 0. The van der Waals surface area contributed by atoms with Crippen LogP contribution in [0.1, 0.15) is 38.4 Å². The number of nitrogens with zero attached hydrogens (tertiary/aromatic N) is 2. The molecule has 0 saturated heterocycles. The van der Waals surface area contributed by atoms with Crippen LogP contribution in [0, 0.1) is 5.92 Å². The van der Waals surface area contributed by atoms with Gasteiger partial charge in [0.25, 0.3) is 0 Å². The van der Waals surface area contributed by atoms with Crippen molar-refractivity contribution in [3.8, 4) is 0 Å². The van der Waals surface area contributed by atoms with E-state index in [-0.39, 0.29) is 24.0 Å². The number of thiazole rings is 1. The van der Waals surface area contributed by atoms with Gasteiger partial charge in [0.15, 0.2) is 5.96 Å². The predicted octanol–water partition coefficient (Wildman–Crippen LogP) is 3.08. The first-order chi connectivity index (χ1) is 9.06. The van der Waals surface area contributed by atoms with Crippen LogP contribution in [0.2, 0.25) is 0 Å². The number of rotatable bonds is 6. The van der Waals surface area contributed by atoms with Crippen molar-refractivity contribution in [2.75, 3.05) is 13.6 Å². The molecule has 0 saturated carbocycles. The molecule has 0 spiro atoms. The van der Waals surface area contributed by atoms with Crippen LogP contribution in [0.25, 0.3) is 0 Å². The number of halogens is 1. The minimum Gasteiger partial charge on any atom is -0.356 e. The topological polar surface area (TPSA) is 49.3 Å². The normalized spacial score (nSPS) is 13.0. The Morgan fingerprint density at radius 3 is 2.60 bits per heavy atom. The van der Waals surface area contributed by atoms with E-state index >= 15 is 0 Å². The van der Waals surface area contributed by atoms with E-state index in [9.17, 15) is 0 Å². The number of aryl methyl sites for hydroxylation is 1. The van der Waals surface area contributed by atoms with E-state index in [1.165, 1.54) is 10.7 Å². The van der Waals surface area contributed by atoms with Crippen LogP contribution in [-0.2, 0) is 12.8 Å². The lowest BCUT2D eigenvalue weighted by atomic mass is 10.1. The fourth-order valence-corrected chi connectivity index (χ4v) is 2.29. The molecule has 0 radical (unpaired) electrons. The highest BCUT2D eigenvalue weighted by Gasteiger charge is 2.08. The first-order valence-corrected chi connectivity index (χ1v) is 7.85. The fourth-order valence-electron chi connectivity index (χ4n) is 1.51. The molecule has 1 unspecified atom stereocenters. The zero-order chi connectivity index (χ0) is 14.3. The molecule has 0 aliphatic heterocycles. The summed E-state index contributed by atoms with van der Waals surface area (Å²) in [6.07, 6.45) is 1.96. The highest BCUT2D eigenvalue weighted by molar-refractivity contribution is 14.0. The van der Waals surface area contributed by atoms with E-state index in [2.05, 4.69) is 53.7 Å². The van der Waals surface area contributed by atoms with Crippen LogP contribution >= 0.6 is 35.3 Å². The SMILES string of the molecule is CCc1nc(CCNC(=NC)NC(C)C(C)C)cs1.I. The molecule has 1 rings (SSSR count). The van der Waals surface area contributed by atoms with Crippen LogP contribution in [0.3, 0.4) is 0 Å². The molecule has 2 N–H and O–H groups in total. The van der Waals surface area contributed by atoms with E-state index < -0.39 is 0 Å². The Morgan fingerprint density at radius 2 is 2.10 bits per heavy atom. The standard InChI is InChI=1S/C14H26N4S.HI/c1-6-13-18-12(9-19-13)7-8-16-14(15-5)17-11(4)10(2)3;/h9-11H,6-8H2,1-5H3,(H2,15,16,17);1H. The van der Waals surface area contributed by atoms with Crippen LogP contribution in [0.4, 0.5) is 0 Å². The first-order valence-electron chi connectivity index (χ1n) is 6.97. The summed E-state index contributed by atoms with van der Waals surface area (Å²) in [6.45, 7) is 9.57. The van der Waals surface area contributed by atoms with E-state index in [1.807, 2.05) is 0 Å². The molecule has 0 amide bonds. The number of aliphatic imine (C=N–C) groups is 1. The molecular weight excluding hydrogens is 383 g/mol. The highest BCUT2D eigenvalue weighted by Crippen LogP contribution is 2.10. The Hall–Kier alpha value is -0.370. The fraction of sp³-hybridized carbons (Fsp3) is 0.714. The van der Waals surface area contributed by atoms with E-state index in [1.54, 1.807) is 18.4 Å². The van der Waals surface area contributed by atoms with Gasteiger partial charge in [-0.15, -0.1) is 35.3 Å². The summed E-state index contributed by atoms with van der Waals surface area (Å²) in [4.78, 5) is 8.80. The van der Waals surface area contributed by atoms with Crippen molar-refractivity contribution in [1.29, 1.82) is 0 Å². The van der Waals surface area contributed by atoms with Gasteiger partial charge in [-0.2, -0.15) is 0 Å². The van der Waals surface area contributed by atoms with Gasteiger partial charge in [0.05, 0.1) is 10.7 Å². The zero-order valence-electron chi connectivity index (χ0n) is 13.1. The highest BCUT2D eigenvalue weighted by atomic mass is 127. The quantitative estimate of drug-likeness (QED) is 0.431. The monoisotopic (exact) mass is 410 g/mol. The van der Waals surface area contributed by atoms with Crippen LogP contribution in [0.15, 0.2) is 10.4 Å². The van der Waals surface area contributed by atoms with Gasteiger partial charge >= 0.3 is 0 Å². The van der Waals surface area contributed by atoms with Crippen molar-refractivity contribution in [1.82, 2.24) is 15.6 Å². The molecule has 0 aliphatic rings. The molecular formula is C14H27IN4S. The Kier molecular flexibility index (Phi) is 10.2. The molecule has 0 fully saturated rings. The molecule has 1 heterocycles.